The van der Waals surface area contributed by atoms with Crippen molar-refractivity contribution >= 4 is 12.2 Å². The molecule has 0 saturated carbocycles. The van der Waals surface area contributed by atoms with E-state index >= 15 is 0 Å². The summed E-state index contributed by atoms with van der Waals surface area (Å²) < 4.78 is 4.85. The summed E-state index contributed by atoms with van der Waals surface area (Å²) in [5.41, 5.74) is 0.922. The van der Waals surface area contributed by atoms with E-state index in [-0.39, 0.29) is 17.6 Å². The highest BCUT2D eigenvalue weighted by Crippen LogP contribution is 2.23. The second-order valence-corrected chi connectivity index (χ2v) is 4.72. The number of esters is 1. The monoisotopic (exact) mass is 279 g/mol. The van der Waals surface area contributed by atoms with Gasteiger partial charge in [0.15, 0.2) is 0 Å². The summed E-state index contributed by atoms with van der Waals surface area (Å²) in [5.74, 6) is -0.714. The minimum Gasteiger partial charge on any atom is -0.508 e. The number of phenols is 1. The molecule has 0 aromatic heterocycles. The third-order valence-corrected chi connectivity index (χ3v) is 3.29. The lowest BCUT2D eigenvalue weighted by molar-refractivity contribution is -0.146. The highest BCUT2D eigenvalue weighted by atomic mass is 16.5. The molecule has 0 spiro atoms. The van der Waals surface area contributed by atoms with Crippen molar-refractivity contribution < 1.29 is 19.8 Å². The van der Waals surface area contributed by atoms with Crippen LogP contribution in [-0.4, -0.2) is 29.6 Å². The first-order valence-electron chi connectivity index (χ1n) is 6.65. The van der Waals surface area contributed by atoms with Crippen molar-refractivity contribution in [2.75, 3.05) is 7.11 Å². The lowest BCUT2D eigenvalue weighted by Gasteiger charge is -2.21. The Bertz CT molecular complexity index is 442. The molecule has 0 radical (unpaired) electrons. The maximum Gasteiger partial charge on any atom is 0.309 e. The first-order chi connectivity index (χ1) is 9.62. The van der Waals surface area contributed by atoms with Crippen LogP contribution in [0.5, 0.6) is 5.75 Å². The standard InChI is InChI=1S/C15H21NO4/c1-3-4-12(10-16-19)14(15(18)20-2)9-11-5-7-13(17)8-6-11/h5-8,10,12,14,17,19H,3-4,9H2,1-2H3. The number of nitrogens with zero attached hydrogens (tertiary/aromatic N) is 1. The number of oxime groups is 1. The number of phenolic OH excluding ortho intramolecular Hbond substituents is 1. The number of carbonyl (C=O) groups is 1. The molecule has 1 aromatic carbocycles. The van der Waals surface area contributed by atoms with Crippen LogP contribution in [0.15, 0.2) is 29.4 Å². The number of hydrogen-bond acceptors (Lipinski definition) is 5. The Kier molecular flexibility index (Phi) is 6.56. The van der Waals surface area contributed by atoms with Gasteiger partial charge in [-0.3, -0.25) is 4.79 Å². The van der Waals surface area contributed by atoms with E-state index in [0.29, 0.717) is 6.42 Å². The van der Waals surface area contributed by atoms with E-state index < -0.39 is 5.92 Å². The summed E-state index contributed by atoms with van der Waals surface area (Å²) in [6.07, 6.45) is 3.48. The first kappa shape index (κ1) is 16.0. The van der Waals surface area contributed by atoms with Crippen molar-refractivity contribution in [3.63, 3.8) is 0 Å². The molecule has 2 N–H and O–H groups in total. The average molecular weight is 279 g/mol. The lowest BCUT2D eigenvalue weighted by Crippen LogP contribution is -2.28. The average Bonchev–Trinajstić information content (AvgIpc) is 2.46. The molecule has 0 amide bonds. The fraction of sp³-hybridized carbons (Fsp3) is 0.467. The Morgan fingerprint density at radius 2 is 2.05 bits per heavy atom. The minimum atomic E-state index is -0.402. The van der Waals surface area contributed by atoms with Crippen LogP contribution in [0.1, 0.15) is 25.3 Å². The van der Waals surface area contributed by atoms with Crippen molar-refractivity contribution in [3.05, 3.63) is 29.8 Å². The molecule has 0 aliphatic heterocycles. The summed E-state index contributed by atoms with van der Waals surface area (Å²) in [6.45, 7) is 2.01. The SMILES string of the molecule is CCCC(C=NO)C(Cc1ccc(O)cc1)C(=O)OC. The van der Waals surface area contributed by atoms with E-state index in [0.717, 1.165) is 18.4 Å². The molecule has 5 nitrogen and oxygen atoms in total. The highest BCUT2D eigenvalue weighted by molar-refractivity contribution is 5.78. The second-order valence-electron chi connectivity index (χ2n) is 4.72. The molecule has 5 heteroatoms. The number of ether oxygens (including phenoxy) is 1. The highest BCUT2D eigenvalue weighted by Gasteiger charge is 2.28. The minimum absolute atomic E-state index is 0.175. The van der Waals surface area contributed by atoms with E-state index in [1.165, 1.54) is 13.3 Å². The molecule has 0 bridgehead atoms. The van der Waals surface area contributed by atoms with Gasteiger partial charge < -0.3 is 15.1 Å². The molecule has 20 heavy (non-hydrogen) atoms. The van der Waals surface area contributed by atoms with Gasteiger partial charge in [0.05, 0.1) is 13.0 Å². The van der Waals surface area contributed by atoms with Crippen LogP contribution in [0.2, 0.25) is 0 Å². The predicted octanol–water partition coefficient (Wildman–Crippen LogP) is 2.60. The smallest absolute Gasteiger partial charge is 0.309 e. The third kappa shape index (κ3) is 4.57. The van der Waals surface area contributed by atoms with Gasteiger partial charge >= 0.3 is 5.97 Å². The van der Waals surface area contributed by atoms with Gasteiger partial charge in [0.2, 0.25) is 0 Å². The molecular weight excluding hydrogens is 258 g/mol. The van der Waals surface area contributed by atoms with Crippen LogP contribution in [0, 0.1) is 11.8 Å². The third-order valence-electron chi connectivity index (χ3n) is 3.29. The Morgan fingerprint density at radius 3 is 2.55 bits per heavy atom. The zero-order valence-electron chi connectivity index (χ0n) is 11.8. The molecule has 0 aliphatic carbocycles. The van der Waals surface area contributed by atoms with Crippen molar-refractivity contribution in [2.45, 2.75) is 26.2 Å². The normalized spacial score (nSPS) is 14.1. The zero-order valence-corrected chi connectivity index (χ0v) is 11.8. The number of benzene rings is 1. The van der Waals surface area contributed by atoms with Crippen molar-refractivity contribution in [1.29, 1.82) is 0 Å². The van der Waals surface area contributed by atoms with Crippen LogP contribution >= 0.6 is 0 Å². The van der Waals surface area contributed by atoms with Crippen LogP contribution < -0.4 is 0 Å². The van der Waals surface area contributed by atoms with E-state index in [1.54, 1.807) is 24.3 Å². The maximum atomic E-state index is 12.0. The van der Waals surface area contributed by atoms with Crippen molar-refractivity contribution in [1.82, 2.24) is 0 Å². The predicted molar refractivity (Wildman–Crippen MR) is 76.0 cm³/mol. The van der Waals surface area contributed by atoms with Gasteiger partial charge in [0.25, 0.3) is 0 Å². The number of methoxy groups -OCH3 is 1. The molecular formula is C15H21NO4. The zero-order chi connectivity index (χ0) is 15.0. The molecule has 0 heterocycles. The van der Waals surface area contributed by atoms with Crippen LogP contribution in [0.3, 0.4) is 0 Å². The largest absolute Gasteiger partial charge is 0.508 e. The summed E-state index contributed by atoms with van der Waals surface area (Å²) in [5, 5.41) is 21.1. The topological polar surface area (TPSA) is 79.1 Å². The van der Waals surface area contributed by atoms with Gasteiger partial charge in [0.1, 0.15) is 5.75 Å². The Balaban J connectivity index is 2.92. The van der Waals surface area contributed by atoms with Gasteiger partial charge in [-0.25, -0.2) is 0 Å². The maximum absolute atomic E-state index is 12.0. The number of aromatic hydroxyl groups is 1. The molecule has 0 fully saturated rings. The van der Waals surface area contributed by atoms with E-state index in [9.17, 15) is 9.90 Å². The molecule has 1 rings (SSSR count). The summed E-state index contributed by atoms with van der Waals surface area (Å²) in [7, 11) is 1.35. The quantitative estimate of drug-likeness (QED) is 0.348. The number of hydrogen-bond donors (Lipinski definition) is 2. The van der Waals surface area contributed by atoms with E-state index in [2.05, 4.69) is 5.16 Å². The Labute approximate surface area is 118 Å². The molecule has 0 aliphatic rings. The molecule has 2 atom stereocenters. The number of rotatable bonds is 7. The number of carbonyl (C=O) groups excluding carboxylic acids is 1. The summed E-state index contributed by atoms with van der Waals surface area (Å²) in [4.78, 5) is 12.0. The van der Waals surface area contributed by atoms with Crippen LogP contribution in [0.4, 0.5) is 0 Å². The van der Waals surface area contributed by atoms with Gasteiger partial charge in [-0.15, -0.1) is 5.16 Å². The van der Waals surface area contributed by atoms with Crippen LogP contribution in [0.25, 0.3) is 0 Å². The Morgan fingerprint density at radius 1 is 1.40 bits per heavy atom. The molecule has 1 aromatic rings. The van der Waals surface area contributed by atoms with E-state index in [1.807, 2.05) is 6.92 Å². The Hall–Kier alpha value is -2.04. The molecule has 2 unspecified atom stereocenters. The lowest BCUT2D eigenvalue weighted by atomic mass is 9.84. The molecule has 110 valence electrons. The van der Waals surface area contributed by atoms with Crippen molar-refractivity contribution in [2.24, 2.45) is 17.0 Å². The first-order valence-corrected chi connectivity index (χ1v) is 6.65. The van der Waals surface area contributed by atoms with Crippen molar-refractivity contribution in [3.8, 4) is 5.75 Å². The van der Waals surface area contributed by atoms with Gasteiger partial charge in [-0.05, 0) is 30.5 Å². The summed E-state index contributed by atoms with van der Waals surface area (Å²) in [6, 6.07) is 6.70. The fourth-order valence-corrected chi connectivity index (χ4v) is 2.25. The fourth-order valence-electron chi connectivity index (χ4n) is 2.25. The van der Waals surface area contributed by atoms with Gasteiger partial charge in [0, 0.05) is 12.1 Å². The summed E-state index contributed by atoms with van der Waals surface area (Å²) >= 11 is 0. The molecule has 0 saturated heterocycles. The van der Waals surface area contributed by atoms with E-state index in [4.69, 9.17) is 9.94 Å². The van der Waals surface area contributed by atoms with Gasteiger partial charge in [-0.2, -0.15) is 0 Å². The second kappa shape index (κ2) is 8.19. The van der Waals surface area contributed by atoms with Gasteiger partial charge in [-0.1, -0.05) is 25.5 Å². The van der Waals surface area contributed by atoms with Crippen LogP contribution in [-0.2, 0) is 16.0 Å².